The van der Waals surface area contributed by atoms with E-state index in [0.29, 0.717) is 18.4 Å². The minimum absolute atomic E-state index is 0.0504. The van der Waals surface area contributed by atoms with E-state index in [1.807, 2.05) is 0 Å². The second kappa shape index (κ2) is 5.16. The number of carbonyl (C=O) groups excluding carboxylic acids is 3. The maximum Gasteiger partial charge on any atom is 0.323 e. The maximum atomic E-state index is 12.2. The Morgan fingerprint density at radius 2 is 1.86 bits per heavy atom. The molecule has 0 radical (unpaired) electrons. The summed E-state index contributed by atoms with van der Waals surface area (Å²) in [7, 11) is 2.44. The van der Waals surface area contributed by atoms with Gasteiger partial charge in [0, 0.05) is 18.8 Å². The number of carbonyl (C=O) groups is 3. The van der Waals surface area contributed by atoms with Gasteiger partial charge in [-0.1, -0.05) is 12.2 Å². The fourth-order valence-electron chi connectivity index (χ4n) is 3.68. The van der Waals surface area contributed by atoms with Crippen molar-refractivity contribution in [3.8, 4) is 0 Å². The summed E-state index contributed by atoms with van der Waals surface area (Å²) in [5.74, 6) is -1.75. The number of ether oxygens (including phenoxy) is 3. The molecule has 2 rings (SSSR count). The van der Waals surface area contributed by atoms with Crippen molar-refractivity contribution in [3.63, 3.8) is 0 Å². The van der Waals surface area contributed by atoms with Crippen LogP contribution in [0.5, 0.6) is 0 Å². The van der Waals surface area contributed by atoms with E-state index in [9.17, 15) is 14.4 Å². The summed E-state index contributed by atoms with van der Waals surface area (Å²) in [4.78, 5) is 36.1. The lowest BCUT2D eigenvalue weighted by molar-refractivity contribution is -0.195. The average molecular weight is 296 g/mol. The Hall–Kier alpha value is -1.85. The van der Waals surface area contributed by atoms with Crippen molar-refractivity contribution in [3.05, 3.63) is 12.2 Å². The van der Waals surface area contributed by atoms with Crippen LogP contribution < -0.4 is 0 Å². The Bertz CT molecular complexity index is 492. The number of hydrogen-bond acceptors (Lipinski definition) is 6. The van der Waals surface area contributed by atoms with Crippen LogP contribution in [-0.4, -0.2) is 37.7 Å². The topological polar surface area (TPSA) is 78.9 Å². The molecule has 0 aromatic carbocycles. The van der Waals surface area contributed by atoms with E-state index in [2.05, 4.69) is 6.58 Å². The molecule has 0 spiro atoms. The Labute approximate surface area is 123 Å². The van der Waals surface area contributed by atoms with E-state index in [1.165, 1.54) is 14.2 Å². The van der Waals surface area contributed by atoms with Crippen LogP contribution in [0.25, 0.3) is 0 Å². The van der Waals surface area contributed by atoms with E-state index in [-0.39, 0.29) is 24.7 Å². The van der Waals surface area contributed by atoms with Crippen LogP contribution in [0.3, 0.4) is 0 Å². The lowest BCUT2D eigenvalue weighted by atomic mass is 9.59. The summed E-state index contributed by atoms with van der Waals surface area (Å²) < 4.78 is 15.1. The molecule has 2 atom stereocenters. The molecule has 0 aromatic rings. The summed E-state index contributed by atoms with van der Waals surface area (Å²) in [5, 5.41) is 0. The van der Waals surface area contributed by atoms with E-state index in [0.717, 1.165) is 0 Å². The molecule has 0 bridgehead atoms. The molecule has 21 heavy (non-hydrogen) atoms. The number of esters is 3. The van der Waals surface area contributed by atoms with Gasteiger partial charge in [-0.05, 0) is 19.8 Å². The highest BCUT2D eigenvalue weighted by atomic mass is 16.6. The SMILES string of the molecule is C=C1CC(C(=O)OC)(C(=O)OC)C[C@]2(C)OC(=O)CC[C@H]12. The number of fused-ring (bicyclic) bond motifs is 1. The summed E-state index contributed by atoms with van der Waals surface area (Å²) in [6.45, 7) is 5.73. The molecular formula is C15H20O6. The zero-order valence-corrected chi connectivity index (χ0v) is 12.6. The molecule has 0 aromatic heterocycles. The van der Waals surface area contributed by atoms with Crippen LogP contribution in [0.15, 0.2) is 12.2 Å². The number of hydrogen-bond donors (Lipinski definition) is 0. The van der Waals surface area contributed by atoms with Crippen LogP contribution in [-0.2, 0) is 28.6 Å². The molecule has 0 N–H and O–H groups in total. The molecule has 116 valence electrons. The molecule has 1 heterocycles. The van der Waals surface area contributed by atoms with Gasteiger partial charge in [0.1, 0.15) is 5.60 Å². The first kappa shape index (κ1) is 15.5. The van der Waals surface area contributed by atoms with Crippen LogP contribution in [0.1, 0.15) is 32.6 Å². The van der Waals surface area contributed by atoms with Crippen molar-refractivity contribution >= 4 is 17.9 Å². The van der Waals surface area contributed by atoms with Gasteiger partial charge in [-0.15, -0.1) is 0 Å². The highest BCUT2D eigenvalue weighted by Crippen LogP contribution is 2.53. The quantitative estimate of drug-likeness (QED) is 0.331. The Morgan fingerprint density at radius 3 is 2.38 bits per heavy atom. The lowest BCUT2D eigenvalue weighted by Gasteiger charge is -2.50. The van der Waals surface area contributed by atoms with Crippen molar-refractivity contribution in [2.75, 3.05) is 14.2 Å². The van der Waals surface area contributed by atoms with Gasteiger partial charge >= 0.3 is 17.9 Å². The Morgan fingerprint density at radius 1 is 1.29 bits per heavy atom. The number of methoxy groups -OCH3 is 2. The summed E-state index contributed by atoms with van der Waals surface area (Å²) in [6.07, 6.45) is 1.15. The molecule has 0 amide bonds. The minimum atomic E-state index is -1.50. The van der Waals surface area contributed by atoms with Gasteiger partial charge in [0.05, 0.1) is 14.2 Å². The molecule has 6 nitrogen and oxygen atoms in total. The predicted octanol–water partition coefficient (Wildman–Crippen LogP) is 1.38. The third kappa shape index (κ3) is 2.32. The fraction of sp³-hybridized carbons (Fsp3) is 0.667. The zero-order chi connectivity index (χ0) is 15.8. The maximum absolute atomic E-state index is 12.2. The average Bonchev–Trinajstić information content (AvgIpc) is 2.43. The first-order valence-corrected chi connectivity index (χ1v) is 6.85. The predicted molar refractivity (Wildman–Crippen MR) is 72.1 cm³/mol. The molecule has 2 fully saturated rings. The molecule has 1 saturated heterocycles. The molecule has 1 aliphatic carbocycles. The van der Waals surface area contributed by atoms with E-state index in [4.69, 9.17) is 14.2 Å². The van der Waals surface area contributed by atoms with Crippen LogP contribution >= 0.6 is 0 Å². The van der Waals surface area contributed by atoms with Crippen molar-refractivity contribution in [2.24, 2.45) is 11.3 Å². The second-order valence-corrected chi connectivity index (χ2v) is 5.96. The fourth-order valence-corrected chi connectivity index (χ4v) is 3.68. The van der Waals surface area contributed by atoms with Gasteiger partial charge in [-0.2, -0.15) is 0 Å². The molecular weight excluding hydrogens is 276 g/mol. The monoisotopic (exact) mass is 296 g/mol. The van der Waals surface area contributed by atoms with Gasteiger partial charge in [-0.3, -0.25) is 14.4 Å². The molecule has 6 heteroatoms. The highest BCUT2D eigenvalue weighted by Gasteiger charge is 2.61. The smallest absolute Gasteiger partial charge is 0.323 e. The lowest BCUT2D eigenvalue weighted by Crippen LogP contribution is -2.57. The normalized spacial score (nSPS) is 30.9. The van der Waals surface area contributed by atoms with Crippen molar-refractivity contribution in [1.29, 1.82) is 0 Å². The van der Waals surface area contributed by atoms with Crippen molar-refractivity contribution in [1.82, 2.24) is 0 Å². The molecule has 1 saturated carbocycles. The van der Waals surface area contributed by atoms with Gasteiger partial charge in [0.25, 0.3) is 0 Å². The Balaban J connectivity index is 2.45. The molecule has 0 unspecified atom stereocenters. The van der Waals surface area contributed by atoms with Crippen LogP contribution in [0.4, 0.5) is 0 Å². The van der Waals surface area contributed by atoms with Gasteiger partial charge in [-0.25, -0.2) is 0 Å². The van der Waals surface area contributed by atoms with Gasteiger partial charge in [0.15, 0.2) is 5.41 Å². The van der Waals surface area contributed by atoms with E-state index >= 15 is 0 Å². The largest absolute Gasteiger partial charge is 0.468 e. The second-order valence-electron chi connectivity index (χ2n) is 5.96. The van der Waals surface area contributed by atoms with E-state index in [1.54, 1.807) is 6.92 Å². The van der Waals surface area contributed by atoms with E-state index < -0.39 is 23.0 Å². The van der Waals surface area contributed by atoms with Crippen molar-refractivity contribution < 1.29 is 28.6 Å². The minimum Gasteiger partial charge on any atom is -0.468 e. The third-order valence-electron chi connectivity index (χ3n) is 4.55. The molecule has 1 aliphatic heterocycles. The molecule has 2 aliphatic rings. The Kier molecular flexibility index (Phi) is 3.82. The number of rotatable bonds is 2. The first-order valence-electron chi connectivity index (χ1n) is 6.85. The zero-order valence-electron chi connectivity index (χ0n) is 12.6. The summed E-state index contributed by atoms with van der Waals surface area (Å²) in [5.41, 5.74) is -1.72. The van der Waals surface area contributed by atoms with Gasteiger partial charge < -0.3 is 14.2 Å². The standard InChI is InChI=1S/C15H20O6/c1-9-7-15(12(17)19-3,13(18)20-4)8-14(2)10(9)5-6-11(16)21-14/h10H,1,5-8H2,2-4H3/t10-,14+/m1/s1. The third-order valence-corrected chi connectivity index (χ3v) is 4.55. The summed E-state index contributed by atoms with van der Waals surface area (Å²) in [6, 6.07) is 0. The van der Waals surface area contributed by atoms with Crippen molar-refractivity contribution in [2.45, 2.75) is 38.2 Å². The van der Waals surface area contributed by atoms with Gasteiger partial charge in [0.2, 0.25) is 0 Å². The van der Waals surface area contributed by atoms with Crippen LogP contribution in [0.2, 0.25) is 0 Å². The van der Waals surface area contributed by atoms with Crippen LogP contribution in [0, 0.1) is 11.3 Å². The first-order chi connectivity index (χ1) is 9.79. The summed E-state index contributed by atoms with van der Waals surface area (Å²) >= 11 is 0. The highest BCUT2D eigenvalue weighted by molar-refractivity contribution is 6.00.